The SMILES string of the molecule is CN(CCN)S(=O)(=O)c1cccs1.Cl. The highest BCUT2D eigenvalue weighted by Gasteiger charge is 2.20. The second kappa shape index (κ2) is 5.67. The van der Waals surface area contributed by atoms with Gasteiger partial charge in [-0.2, -0.15) is 4.31 Å². The molecular weight excluding hydrogens is 244 g/mol. The Morgan fingerprint density at radius 1 is 1.57 bits per heavy atom. The largest absolute Gasteiger partial charge is 0.329 e. The van der Waals surface area contributed by atoms with Crippen LogP contribution in [0.1, 0.15) is 0 Å². The highest BCUT2D eigenvalue weighted by molar-refractivity contribution is 7.91. The second-order valence-corrected chi connectivity index (χ2v) is 5.77. The fraction of sp³-hybridized carbons (Fsp3) is 0.429. The lowest BCUT2D eigenvalue weighted by molar-refractivity contribution is 0.478. The number of hydrogen-bond donors (Lipinski definition) is 1. The predicted molar refractivity (Wildman–Crippen MR) is 60.4 cm³/mol. The van der Waals surface area contributed by atoms with E-state index in [1.54, 1.807) is 17.5 Å². The first-order chi connectivity index (χ1) is 6.09. The first-order valence-corrected chi connectivity index (χ1v) is 6.11. The summed E-state index contributed by atoms with van der Waals surface area (Å²) < 4.78 is 25.0. The van der Waals surface area contributed by atoms with E-state index in [1.165, 1.54) is 22.7 Å². The monoisotopic (exact) mass is 256 g/mol. The maximum absolute atomic E-state index is 11.7. The van der Waals surface area contributed by atoms with Crippen LogP contribution in [0, 0.1) is 0 Å². The quantitative estimate of drug-likeness (QED) is 0.865. The van der Waals surface area contributed by atoms with Gasteiger partial charge in [-0.25, -0.2) is 8.42 Å². The summed E-state index contributed by atoms with van der Waals surface area (Å²) in [5, 5.41) is 1.74. The van der Waals surface area contributed by atoms with Crippen molar-refractivity contribution in [3.63, 3.8) is 0 Å². The van der Waals surface area contributed by atoms with Crippen molar-refractivity contribution in [2.45, 2.75) is 4.21 Å². The zero-order valence-electron chi connectivity index (χ0n) is 7.71. The molecule has 1 aromatic heterocycles. The van der Waals surface area contributed by atoms with E-state index in [4.69, 9.17) is 5.73 Å². The molecule has 0 bridgehead atoms. The van der Waals surface area contributed by atoms with Gasteiger partial charge in [-0.05, 0) is 11.4 Å². The van der Waals surface area contributed by atoms with Crippen LogP contribution in [0.3, 0.4) is 0 Å². The maximum Gasteiger partial charge on any atom is 0.252 e. The van der Waals surface area contributed by atoms with E-state index in [1.807, 2.05) is 0 Å². The zero-order chi connectivity index (χ0) is 9.90. The molecule has 0 aromatic carbocycles. The van der Waals surface area contributed by atoms with Gasteiger partial charge in [0.05, 0.1) is 0 Å². The minimum absolute atomic E-state index is 0. The molecular formula is C7H13ClN2O2S2. The van der Waals surface area contributed by atoms with Crippen LogP contribution >= 0.6 is 23.7 Å². The van der Waals surface area contributed by atoms with Crippen molar-refractivity contribution in [1.29, 1.82) is 0 Å². The first kappa shape index (κ1) is 13.9. The third-order valence-electron chi connectivity index (χ3n) is 1.60. The minimum Gasteiger partial charge on any atom is -0.329 e. The Bertz CT molecular complexity index is 350. The van der Waals surface area contributed by atoms with Crippen molar-refractivity contribution in [3.05, 3.63) is 17.5 Å². The number of nitrogens with two attached hydrogens (primary N) is 1. The molecule has 7 heteroatoms. The van der Waals surface area contributed by atoms with Gasteiger partial charge in [0, 0.05) is 20.1 Å². The van der Waals surface area contributed by atoms with Gasteiger partial charge >= 0.3 is 0 Å². The molecule has 0 radical (unpaired) electrons. The van der Waals surface area contributed by atoms with Crippen LogP contribution in [0.2, 0.25) is 0 Å². The Balaban J connectivity index is 0.00000169. The van der Waals surface area contributed by atoms with Crippen LogP contribution < -0.4 is 5.73 Å². The molecule has 0 saturated heterocycles. The molecule has 1 heterocycles. The summed E-state index contributed by atoms with van der Waals surface area (Å²) in [5.41, 5.74) is 5.28. The van der Waals surface area contributed by atoms with Crippen LogP contribution in [-0.2, 0) is 10.0 Å². The van der Waals surface area contributed by atoms with Crippen LogP contribution in [0.25, 0.3) is 0 Å². The molecule has 0 fully saturated rings. The molecule has 1 rings (SSSR count). The number of hydrogen-bond acceptors (Lipinski definition) is 4. The molecule has 0 aliphatic heterocycles. The van der Waals surface area contributed by atoms with Gasteiger partial charge in [-0.1, -0.05) is 6.07 Å². The number of halogens is 1. The third-order valence-corrected chi connectivity index (χ3v) is 4.83. The van der Waals surface area contributed by atoms with E-state index < -0.39 is 10.0 Å². The van der Waals surface area contributed by atoms with Gasteiger partial charge in [0.25, 0.3) is 10.0 Å². The van der Waals surface area contributed by atoms with Crippen LogP contribution in [0.15, 0.2) is 21.7 Å². The average molecular weight is 257 g/mol. The van der Waals surface area contributed by atoms with Crippen molar-refractivity contribution in [2.75, 3.05) is 20.1 Å². The minimum atomic E-state index is -3.29. The van der Waals surface area contributed by atoms with E-state index >= 15 is 0 Å². The van der Waals surface area contributed by atoms with Crippen molar-refractivity contribution in [3.8, 4) is 0 Å². The first-order valence-electron chi connectivity index (χ1n) is 3.79. The molecule has 82 valence electrons. The summed E-state index contributed by atoms with van der Waals surface area (Å²) in [7, 11) is -1.76. The molecule has 0 aliphatic carbocycles. The molecule has 0 saturated carbocycles. The standard InChI is InChI=1S/C7H12N2O2S2.ClH/c1-9(5-4-8)13(10,11)7-3-2-6-12-7;/h2-3,6H,4-5,8H2,1H3;1H. The molecule has 0 spiro atoms. The van der Waals surface area contributed by atoms with E-state index in [2.05, 4.69) is 0 Å². The van der Waals surface area contributed by atoms with E-state index in [0.29, 0.717) is 17.3 Å². The smallest absolute Gasteiger partial charge is 0.252 e. The number of rotatable bonds is 4. The van der Waals surface area contributed by atoms with Crippen molar-refractivity contribution in [1.82, 2.24) is 4.31 Å². The molecule has 0 unspecified atom stereocenters. The van der Waals surface area contributed by atoms with Crippen LogP contribution in [0.5, 0.6) is 0 Å². The van der Waals surface area contributed by atoms with Crippen molar-refractivity contribution in [2.24, 2.45) is 5.73 Å². The van der Waals surface area contributed by atoms with Gasteiger partial charge < -0.3 is 5.73 Å². The Hall–Kier alpha value is -0.140. The summed E-state index contributed by atoms with van der Waals surface area (Å²) in [4.78, 5) is 0. The van der Waals surface area contributed by atoms with E-state index in [9.17, 15) is 8.42 Å². The number of sulfonamides is 1. The normalized spacial score (nSPS) is 11.4. The number of likely N-dealkylation sites (N-methyl/N-ethyl adjacent to an activating group) is 1. The Morgan fingerprint density at radius 2 is 2.21 bits per heavy atom. The van der Waals surface area contributed by atoms with Gasteiger partial charge in [0.15, 0.2) is 0 Å². The fourth-order valence-electron chi connectivity index (χ4n) is 0.866. The van der Waals surface area contributed by atoms with Gasteiger partial charge in [-0.15, -0.1) is 23.7 Å². The van der Waals surface area contributed by atoms with Gasteiger partial charge in [-0.3, -0.25) is 0 Å². The summed E-state index contributed by atoms with van der Waals surface area (Å²) in [5.74, 6) is 0. The Morgan fingerprint density at radius 3 is 2.64 bits per heavy atom. The van der Waals surface area contributed by atoms with Crippen LogP contribution in [-0.4, -0.2) is 32.9 Å². The lowest BCUT2D eigenvalue weighted by Gasteiger charge is -2.14. The molecule has 4 nitrogen and oxygen atoms in total. The fourth-order valence-corrected chi connectivity index (χ4v) is 3.25. The second-order valence-electron chi connectivity index (χ2n) is 2.55. The maximum atomic E-state index is 11.7. The zero-order valence-corrected chi connectivity index (χ0v) is 10.2. The highest BCUT2D eigenvalue weighted by atomic mass is 35.5. The molecule has 1 aromatic rings. The molecule has 14 heavy (non-hydrogen) atoms. The lowest BCUT2D eigenvalue weighted by Crippen LogP contribution is -2.31. The van der Waals surface area contributed by atoms with Gasteiger partial charge in [0.2, 0.25) is 0 Å². The average Bonchev–Trinajstić information content (AvgIpc) is 2.56. The summed E-state index contributed by atoms with van der Waals surface area (Å²) >= 11 is 1.21. The topological polar surface area (TPSA) is 63.4 Å². The van der Waals surface area contributed by atoms with Crippen molar-refractivity contribution < 1.29 is 8.42 Å². The molecule has 0 atom stereocenters. The van der Waals surface area contributed by atoms with E-state index in [-0.39, 0.29) is 12.4 Å². The Labute approximate surface area is 94.2 Å². The van der Waals surface area contributed by atoms with Crippen molar-refractivity contribution >= 4 is 33.8 Å². The lowest BCUT2D eigenvalue weighted by atomic mass is 10.7. The molecule has 2 N–H and O–H groups in total. The number of thiophene rings is 1. The summed E-state index contributed by atoms with van der Waals surface area (Å²) in [6, 6.07) is 3.31. The Kier molecular flexibility index (Phi) is 5.61. The van der Waals surface area contributed by atoms with Crippen LogP contribution in [0.4, 0.5) is 0 Å². The van der Waals surface area contributed by atoms with Gasteiger partial charge in [0.1, 0.15) is 4.21 Å². The summed E-state index contributed by atoms with van der Waals surface area (Å²) in [6.45, 7) is 0.682. The molecule has 0 aliphatic rings. The third kappa shape index (κ3) is 2.93. The van der Waals surface area contributed by atoms with E-state index in [0.717, 1.165) is 0 Å². The molecule has 0 amide bonds. The number of nitrogens with zero attached hydrogens (tertiary/aromatic N) is 1. The predicted octanol–water partition coefficient (Wildman–Crippen LogP) is 0.749. The summed E-state index contributed by atoms with van der Waals surface area (Å²) in [6.07, 6.45) is 0. The highest BCUT2D eigenvalue weighted by Crippen LogP contribution is 2.19.